The predicted octanol–water partition coefficient (Wildman–Crippen LogP) is 0.925. The van der Waals surface area contributed by atoms with E-state index in [-0.39, 0.29) is 18.2 Å². The Morgan fingerprint density at radius 2 is 1.97 bits per heavy atom. The molecule has 3 N–H and O–H groups in total. The van der Waals surface area contributed by atoms with E-state index < -0.39 is 41.3 Å². The molecule has 1 aliphatic heterocycles. The maximum atomic E-state index is 15.1. The number of hydrogen-bond acceptors (Lipinski definition) is 6. The Hall–Kier alpha value is -2.62. The molecule has 2 aromatic rings. The van der Waals surface area contributed by atoms with Crippen LogP contribution in [0.5, 0.6) is 0 Å². The van der Waals surface area contributed by atoms with Crippen LogP contribution in [0.2, 0.25) is 0 Å². The molecule has 6 atom stereocenters. The number of rotatable bonds is 3. The van der Waals surface area contributed by atoms with E-state index in [9.17, 15) is 19.8 Å². The molecule has 0 unspecified atom stereocenters. The molecule has 8 nitrogen and oxygen atoms in total. The van der Waals surface area contributed by atoms with Crippen molar-refractivity contribution in [2.24, 2.45) is 5.92 Å². The van der Waals surface area contributed by atoms with Crippen LogP contribution in [0.15, 0.2) is 41.3 Å². The van der Waals surface area contributed by atoms with Gasteiger partial charge in [-0.05, 0) is 37.8 Å². The lowest BCUT2D eigenvalue weighted by molar-refractivity contribution is -0.108. The quantitative estimate of drug-likeness (QED) is 0.705. The first-order chi connectivity index (χ1) is 13.7. The van der Waals surface area contributed by atoms with Crippen LogP contribution in [-0.4, -0.2) is 49.1 Å². The molecule has 0 spiro atoms. The Labute approximate surface area is 165 Å². The molecule has 0 bridgehead atoms. The second kappa shape index (κ2) is 5.94. The molecule has 1 amide bonds. The van der Waals surface area contributed by atoms with Gasteiger partial charge >= 0.3 is 5.69 Å². The second-order valence-electron chi connectivity index (χ2n) is 8.18. The van der Waals surface area contributed by atoms with Crippen molar-refractivity contribution >= 4 is 11.7 Å². The van der Waals surface area contributed by atoms with Gasteiger partial charge in [-0.2, -0.15) is 4.98 Å². The van der Waals surface area contributed by atoms with Gasteiger partial charge in [0, 0.05) is 17.3 Å². The van der Waals surface area contributed by atoms with E-state index in [0.717, 1.165) is 4.57 Å². The fourth-order valence-electron chi connectivity index (χ4n) is 4.64. The summed E-state index contributed by atoms with van der Waals surface area (Å²) in [5, 5.41) is 23.7. The largest absolute Gasteiger partial charge is 0.387 e. The molecule has 9 heteroatoms. The van der Waals surface area contributed by atoms with Gasteiger partial charge < -0.3 is 20.3 Å². The molecular weight excluding hydrogens is 381 g/mol. The first kappa shape index (κ1) is 18.4. The van der Waals surface area contributed by atoms with Crippen molar-refractivity contribution in [1.29, 1.82) is 0 Å². The van der Waals surface area contributed by atoms with E-state index in [1.165, 1.54) is 6.20 Å². The lowest BCUT2D eigenvalue weighted by Crippen LogP contribution is -2.47. The standard InChI is InChI=1S/C20H20FN3O5/c1-10-9-24(16-13(21)20(28)8-12-7-19(12,27)17(20)29-16)18(26)23-14(10)22-15(25)11-5-3-2-4-6-11/h2-6,9,12-13,16-17,27-28H,7-8H2,1H3,(H,22,23,25,26)/t12-,13+,16-,17+,19+,20-/m0/s1. The molecule has 2 aliphatic carbocycles. The Morgan fingerprint density at radius 3 is 2.66 bits per heavy atom. The number of aromatic nitrogens is 2. The summed E-state index contributed by atoms with van der Waals surface area (Å²) in [4.78, 5) is 28.7. The van der Waals surface area contributed by atoms with E-state index in [2.05, 4.69) is 10.3 Å². The van der Waals surface area contributed by atoms with Gasteiger partial charge in [-0.1, -0.05) is 18.2 Å². The lowest BCUT2D eigenvalue weighted by atomic mass is 9.91. The molecule has 2 heterocycles. The number of hydrogen-bond donors (Lipinski definition) is 3. The summed E-state index contributed by atoms with van der Waals surface area (Å²) in [6.45, 7) is 1.62. The van der Waals surface area contributed by atoms with Crippen molar-refractivity contribution in [3.05, 3.63) is 58.1 Å². The van der Waals surface area contributed by atoms with Crippen molar-refractivity contribution in [3.8, 4) is 0 Å². The number of aryl methyl sites for hydroxylation is 1. The first-order valence-electron chi connectivity index (χ1n) is 9.44. The first-order valence-corrected chi connectivity index (χ1v) is 9.44. The average molecular weight is 401 g/mol. The van der Waals surface area contributed by atoms with Gasteiger partial charge in [0.1, 0.15) is 17.5 Å². The number of alkyl halides is 1. The van der Waals surface area contributed by atoms with E-state index in [1.807, 2.05) is 0 Å². The molecule has 1 saturated heterocycles. The summed E-state index contributed by atoms with van der Waals surface area (Å²) < 4.78 is 21.7. The summed E-state index contributed by atoms with van der Waals surface area (Å²) in [6.07, 6.45) is -2.47. The van der Waals surface area contributed by atoms with Crippen molar-refractivity contribution in [2.45, 2.75) is 49.5 Å². The Morgan fingerprint density at radius 1 is 1.28 bits per heavy atom. The topological polar surface area (TPSA) is 114 Å². The fraction of sp³-hybridized carbons (Fsp3) is 0.450. The van der Waals surface area contributed by atoms with Crippen LogP contribution < -0.4 is 11.0 Å². The highest BCUT2D eigenvalue weighted by Gasteiger charge is 2.78. The van der Waals surface area contributed by atoms with E-state index in [4.69, 9.17) is 4.74 Å². The van der Waals surface area contributed by atoms with Crippen LogP contribution in [0.3, 0.4) is 0 Å². The van der Waals surface area contributed by atoms with E-state index in [0.29, 0.717) is 17.5 Å². The fourth-order valence-corrected chi connectivity index (χ4v) is 4.64. The van der Waals surface area contributed by atoms with Crippen molar-refractivity contribution in [3.63, 3.8) is 0 Å². The molecule has 5 rings (SSSR count). The normalized spacial score (nSPS) is 37.1. The molecule has 1 aromatic carbocycles. The summed E-state index contributed by atoms with van der Waals surface area (Å²) >= 11 is 0. The summed E-state index contributed by atoms with van der Waals surface area (Å²) in [5.41, 5.74) is -3.05. The molecule has 1 aromatic heterocycles. The molecule has 0 radical (unpaired) electrons. The smallest absolute Gasteiger partial charge is 0.351 e. The van der Waals surface area contributed by atoms with Crippen LogP contribution in [0.25, 0.3) is 0 Å². The van der Waals surface area contributed by atoms with Crippen LogP contribution in [-0.2, 0) is 4.74 Å². The number of ether oxygens (including phenoxy) is 1. The van der Waals surface area contributed by atoms with Gasteiger partial charge in [-0.25, -0.2) is 9.18 Å². The summed E-state index contributed by atoms with van der Waals surface area (Å²) in [7, 11) is 0. The minimum Gasteiger partial charge on any atom is -0.387 e. The molecule has 3 aliphatic rings. The second-order valence-corrected chi connectivity index (χ2v) is 8.18. The molecular formula is C20H20FN3O5. The van der Waals surface area contributed by atoms with Gasteiger partial charge in [-0.3, -0.25) is 9.36 Å². The monoisotopic (exact) mass is 401 g/mol. The number of carbonyl (C=O) groups is 1. The number of benzene rings is 1. The van der Waals surface area contributed by atoms with Gasteiger partial charge in [0.25, 0.3) is 5.91 Å². The molecule has 29 heavy (non-hydrogen) atoms. The molecule has 3 fully saturated rings. The van der Waals surface area contributed by atoms with Gasteiger partial charge in [0.15, 0.2) is 12.4 Å². The number of halogens is 1. The van der Waals surface area contributed by atoms with Gasteiger partial charge in [-0.15, -0.1) is 0 Å². The number of amides is 1. The predicted molar refractivity (Wildman–Crippen MR) is 99.1 cm³/mol. The number of fused-ring (bicyclic) bond motifs is 3. The lowest BCUT2D eigenvalue weighted by Gasteiger charge is -2.26. The average Bonchev–Trinajstić information content (AvgIpc) is 3.17. The van der Waals surface area contributed by atoms with Crippen molar-refractivity contribution in [1.82, 2.24) is 9.55 Å². The maximum Gasteiger partial charge on any atom is 0.351 e. The minimum atomic E-state index is -1.88. The Bertz CT molecular complexity index is 1060. The zero-order valence-electron chi connectivity index (χ0n) is 15.6. The van der Waals surface area contributed by atoms with Crippen molar-refractivity contribution < 1.29 is 24.1 Å². The van der Waals surface area contributed by atoms with Crippen LogP contribution in [0.1, 0.15) is 35.0 Å². The number of nitrogens with one attached hydrogen (secondary N) is 1. The van der Waals surface area contributed by atoms with Gasteiger partial charge in [0.05, 0.1) is 5.60 Å². The SMILES string of the molecule is Cc1cn([C@H]2O[C@@H]3[C@@]4(O)C[C@H]4C[C@]3(O)[C@@H]2F)c(=O)nc1NC(=O)c1ccccc1. The third kappa shape index (κ3) is 2.58. The highest BCUT2D eigenvalue weighted by Crippen LogP contribution is 2.65. The minimum absolute atomic E-state index is 0.0632. The molecule has 2 saturated carbocycles. The highest BCUT2D eigenvalue weighted by atomic mass is 19.1. The Balaban J connectivity index is 1.42. The number of anilines is 1. The summed E-state index contributed by atoms with van der Waals surface area (Å²) in [5.74, 6) is -0.540. The zero-order chi connectivity index (χ0) is 20.6. The maximum absolute atomic E-state index is 15.1. The van der Waals surface area contributed by atoms with Gasteiger partial charge in [0.2, 0.25) is 0 Å². The zero-order valence-corrected chi connectivity index (χ0v) is 15.6. The van der Waals surface area contributed by atoms with E-state index in [1.54, 1.807) is 37.3 Å². The highest BCUT2D eigenvalue weighted by molar-refractivity contribution is 6.03. The molecule has 152 valence electrons. The third-order valence-corrected chi connectivity index (χ3v) is 6.28. The van der Waals surface area contributed by atoms with Crippen molar-refractivity contribution in [2.75, 3.05) is 5.32 Å². The van der Waals surface area contributed by atoms with Crippen LogP contribution in [0, 0.1) is 12.8 Å². The number of carbonyl (C=O) groups excluding carboxylic acids is 1. The Kier molecular flexibility index (Phi) is 3.77. The number of nitrogens with zero attached hydrogens (tertiary/aromatic N) is 2. The van der Waals surface area contributed by atoms with Crippen LogP contribution >= 0.6 is 0 Å². The number of aliphatic hydroxyl groups is 2. The van der Waals surface area contributed by atoms with Crippen LogP contribution in [0.4, 0.5) is 10.2 Å². The van der Waals surface area contributed by atoms with E-state index >= 15 is 4.39 Å². The third-order valence-electron chi connectivity index (χ3n) is 6.28. The summed E-state index contributed by atoms with van der Waals surface area (Å²) in [6, 6.07) is 8.46.